The molecule has 0 heterocycles. The highest BCUT2D eigenvalue weighted by molar-refractivity contribution is 5.20. The van der Waals surface area contributed by atoms with Crippen molar-refractivity contribution in [2.45, 2.75) is 69.9 Å². The van der Waals surface area contributed by atoms with E-state index in [9.17, 15) is 20.4 Å². The van der Waals surface area contributed by atoms with E-state index in [-0.39, 0.29) is 17.8 Å². The maximum atomic E-state index is 10.6. The summed E-state index contributed by atoms with van der Waals surface area (Å²) >= 11 is 0. The van der Waals surface area contributed by atoms with E-state index in [0.29, 0.717) is 18.4 Å². The predicted octanol–water partition coefficient (Wildman–Crippen LogP) is 0.976. The summed E-state index contributed by atoms with van der Waals surface area (Å²) in [6, 6.07) is 0. The lowest BCUT2D eigenvalue weighted by atomic mass is 9.50. The third-order valence-corrected chi connectivity index (χ3v) is 5.68. The fourth-order valence-corrected chi connectivity index (χ4v) is 4.08. The quantitative estimate of drug-likeness (QED) is 0.535. The van der Waals surface area contributed by atoms with E-state index in [1.165, 1.54) is 0 Å². The van der Waals surface area contributed by atoms with Crippen LogP contribution < -0.4 is 0 Å². The van der Waals surface area contributed by atoms with E-state index < -0.39 is 23.4 Å². The van der Waals surface area contributed by atoms with Gasteiger partial charge in [-0.2, -0.15) is 0 Å². The summed E-state index contributed by atoms with van der Waals surface area (Å²) in [6.45, 7) is 9.13. The summed E-state index contributed by atoms with van der Waals surface area (Å²) in [6.07, 6.45) is 0.289. The van der Waals surface area contributed by atoms with Gasteiger partial charge in [0.05, 0.1) is 17.8 Å². The second-order valence-corrected chi connectivity index (χ2v) is 7.12. The molecule has 0 aliphatic heterocycles. The van der Waals surface area contributed by atoms with E-state index >= 15 is 0 Å². The highest BCUT2D eigenvalue weighted by Crippen LogP contribution is 2.57. The number of fused-ring (bicyclic) bond motifs is 1. The molecule has 0 bridgehead atoms. The number of rotatable bonds is 1. The third-order valence-electron chi connectivity index (χ3n) is 5.68. The Hall–Kier alpha value is -0.420. The van der Waals surface area contributed by atoms with Crippen LogP contribution in [-0.4, -0.2) is 43.8 Å². The van der Waals surface area contributed by atoms with E-state index in [2.05, 4.69) is 6.58 Å². The van der Waals surface area contributed by atoms with Crippen LogP contribution in [-0.2, 0) is 0 Å². The zero-order chi connectivity index (χ0) is 14.6. The SMILES string of the molecule is C=C(C)C1(O)CC2C(C)(CCC(O)C2(C)O)CC1O. The van der Waals surface area contributed by atoms with Crippen molar-refractivity contribution in [3.05, 3.63) is 12.2 Å². The Balaban J connectivity index is 2.40. The number of hydrogen-bond donors (Lipinski definition) is 4. The molecular formula is C15H26O4. The Kier molecular flexibility index (Phi) is 3.38. The van der Waals surface area contributed by atoms with Crippen molar-refractivity contribution < 1.29 is 20.4 Å². The number of aliphatic hydroxyl groups is 4. The Morgan fingerprint density at radius 3 is 2.21 bits per heavy atom. The Labute approximate surface area is 114 Å². The summed E-state index contributed by atoms with van der Waals surface area (Å²) in [5.74, 6) is -0.256. The minimum absolute atomic E-state index is 0.240. The molecule has 2 aliphatic rings. The second kappa shape index (κ2) is 4.29. The van der Waals surface area contributed by atoms with Crippen molar-refractivity contribution in [2.24, 2.45) is 11.3 Å². The van der Waals surface area contributed by atoms with Gasteiger partial charge in [0.15, 0.2) is 0 Å². The van der Waals surface area contributed by atoms with Gasteiger partial charge in [0.2, 0.25) is 0 Å². The molecule has 19 heavy (non-hydrogen) atoms. The van der Waals surface area contributed by atoms with Crippen LogP contribution in [0, 0.1) is 11.3 Å². The summed E-state index contributed by atoms with van der Waals surface area (Å²) in [5.41, 5.74) is -2.36. The highest BCUT2D eigenvalue weighted by Gasteiger charge is 2.60. The summed E-state index contributed by atoms with van der Waals surface area (Å²) in [4.78, 5) is 0. The Morgan fingerprint density at radius 1 is 1.11 bits per heavy atom. The van der Waals surface area contributed by atoms with E-state index in [0.717, 1.165) is 6.42 Å². The van der Waals surface area contributed by atoms with Crippen LogP contribution in [0.1, 0.15) is 46.5 Å². The molecule has 0 radical (unpaired) electrons. The molecule has 4 N–H and O–H groups in total. The first kappa shape index (κ1) is 15.0. The lowest BCUT2D eigenvalue weighted by Gasteiger charge is -2.59. The molecule has 0 spiro atoms. The first-order valence-electron chi connectivity index (χ1n) is 7.01. The first-order valence-corrected chi connectivity index (χ1v) is 7.01. The van der Waals surface area contributed by atoms with Crippen LogP contribution in [0.3, 0.4) is 0 Å². The molecule has 0 aromatic carbocycles. The van der Waals surface area contributed by atoms with Crippen molar-refractivity contribution in [1.29, 1.82) is 0 Å². The van der Waals surface area contributed by atoms with Gasteiger partial charge >= 0.3 is 0 Å². The molecule has 0 aromatic heterocycles. The molecule has 2 rings (SSSR count). The zero-order valence-electron chi connectivity index (χ0n) is 12.1. The highest BCUT2D eigenvalue weighted by atomic mass is 16.3. The standard InChI is InChI=1S/C15H26O4/c1-9(2)15(19)7-10-13(3,8-12(15)17)6-5-11(16)14(10,4)18/h10-12,16-19H,1,5-8H2,2-4H3. The zero-order valence-corrected chi connectivity index (χ0v) is 12.1. The van der Waals surface area contributed by atoms with Crippen LogP contribution in [0.25, 0.3) is 0 Å². The van der Waals surface area contributed by atoms with Gasteiger partial charge in [-0.05, 0) is 56.4 Å². The maximum absolute atomic E-state index is 10.6. The van der Waals surface area contributed by atoms with Crippen molar-refractivity contribution in [1.82, 2.24) is 0 Å². The molecule has 6 unspecified atom stereocenters. The van der Waals surface area contributed by atoms with Crippen LogP contribution >= 0.6 is 0 Å². The molecule has 2 fully saturated rings. The van der Waals surface area contributed by atoms with Crippen molar-refractivity contribution >= 4 is 0 Å². The average Bonchev–Trinajstić information content (AvgIpc) is 2.29. The summed E-state index contributed by atoms with van der Waals surface area (Å²) in [5, 5.41) is 41.6. The topological polar surface area (TPSA) is 80.9 Å². The van der Waals surface area contributed by atoms with Crippen LogP contribution in [0.5, 0.6) is 0 Å². The van der Waals surface area contributed by atoms with Gasteiger partial charge in [-0.25, -0.2) is 0 Å². The van der Waals surface area contributed by atoms with E-state index in [1.54, 1.807) is 13.8 Å². The van der Waals surface area contributed by atoms with Crippen LogP contribution in [0.4, 0.5) is 0 Å². The lowest BCUT2D eigenvalue weighted by Crippen LogP contribution is -2.64. The Morgan fingerprint density at radius 2 is 1.68 bits per heavy atom. The van der Waals surface area contributed by atoms with E-state index in [4.69, 9.17) is 0 Å². The van der Waals surface area contributed by atoms with Crippen molar-refractivity contribution in [3.63, 3.8) is 0 Å². The minimum Gasteiger partial charge on any atom is -0.390 e. The van der Waals surface area contributed by atoms with Gasteiger partial charge < -0.3 is 20.4 Å². The smallest absolute Gasteiger partial charge is 0.111 e. The molecule has 2 aliphatic carbocycles. The molecule has 0 saturated heterocycles. The molecular weight excluding hydrogens is 244 g/mol. The fourth-order valence-electron chi connectivity index (χ4n) is 4.08. The first-order chi connectivity index (χ1) is 8.54. The van der Waals surface area contributed by atoms with Gasteiger partial charge in [0.1, 0.15) is 5.60 Å². The maximum Gasteiger partial charge on any atom is 0.111 e. The predicted molar refractivity (Wildman–Crippen MR) is 72.5 cm³/mol. The van der Waals surface area contributed by atoms with E-state index in [1.807, 2.05) is 6.92 Å². The minimum atomic E-state index is -1.37. The monoisotopic (exact) mass is 270 g/mol. The molecule has 110 valence electrons. The second-order valence-electron chi connectivity index (χ2n) is 7.12. The van der Waals surface area contributed by atoms with Gasteiger partial charge in [-0.3, -0.25) is 0 Å². The van der Waals surface area contributed by atoms with Crippen LogP contribution in [0.2, 0.25) is 0 Å². The largest absolute Gasteiger partial charge is 0.390 e. The number of hydrogen-bond acceptors (Lipinski definition) is 4. The molecule has 6 atom stereocenters. The van der Waals surface area contributed by atoms with Gasteiger partial charge in [-0.15, -0.1) is 0 Å². The van der Waals surface area contributed by atoms with Gasteiger partial charge in [0, 0.05) is 0 Å². The average molecular weight is 270 g/mol. The Bertz CT molecular complexity index is 392. The molecule has 4 heteroatoms. The number of aliphatic hydroxyl groups excluding tert-OH is 2. The molecule has 4 nitrogen and oxygen atoms in total. The summed E-state index contributed by atoms with van der Waals surface area (Å²) in [7, 11) is 0. The molecule has 0 aromatic rings. The van der Waals surface area contributed by atoms with Crippen molar-refractivity contribution in [2.75, 3.05) is 0 Å². The molecule has 0 amide bonds. The van der Waals surface area contributed by atoms with Crippen LogP contribution in [0.15, 0.2) is 12.2 Å². The fraction of sp³-hybridized carbons (Fsp3) is 0.867. The van der Waals surface area contributed by atoms with Crippen molar-refractivity contribution in [3.8, 4) is 0 Å². The third kappa shape index (κ3) is 2.05. The lowest BCUT2D eigenvalue weighted by molar-refractivity contribution is -0.224. The normalized spacial score (nSPS) is 54.6. The molecule has 2 saturated carbocycles. The van der Waals surface area contributed by atoms with Gasteiger partial charge in [-0.1, -0.05) is 13.5 Å². The summed E-state index contributed by atoms with van der Waals surface area (Å²) < 4.78 is 0. The van der Waals surface area contributed by atoms with Gasteiger partial charge in [0.25, 0.3) is 0 Å².